The number of hydrogen-bond acceptors (Lipinski definition) is 4. The summed E-state index contributed by atoms with van der Waals surface area (Å²) in [5.74, 6) is -4.27. The van der Waals surface area contributed by atoms with E-state index in [1.165, 1.54) is 12.1 Å². The zero-order valence-electron chi connectivity index (χ0n) is 25.0. The molecule has 3 rings (SSSR count). The van der Waals surface area contributed by atoms with Crippen molar-refractivity contribution >= 4 is 18.5 Å². The minimum Gasteiger partial charge on any atom is -0.398 e. The van der Waals surface area contributed by atoms with Gasteiger partial charge in [-0.2, -0.15) is 0 Å². The van der Waals surface area contributed by atoms with Gasteiger partial charge in [-0.3, -0.25) is 0 Å². The third kappa shape index (κ3) is 2.89. The van der Waals surface area contributed by atoms with Crippen molar-refractivity contribution in [1.82, 2.24) is 4.98 Å². The number of pyridine rings is 1. The Hall–Kier alpha value is -1.07. The summed E-state index contributed by atoms with van der Waals surface area (Å²) in [5.41, 5.74) is -1.43. The topological polar surface area (TPSA) is 34.6 Å². The molecule has 1 aromatic rings. The molecule has 1 atom stereocenters. The van der Waals surface area contributed by atoms with Crippen LogP contribution in [0, 0.1) is 5.89 Å². The van der Waals surface area contributed by atoms with E-state index in [-0.39, 0.29) is 10.5 Å². The smallest absolute Gasteiger partial charge is 0.398 e. The molecule has 0 spiro atoms. The van der Waals surface area contributed by atoms with E-state index in [2.05, 4.69) is 4.98 Å². The van der Waals surface area contributed by atoms with Crippen molar-refractivity contribution in [3.63, 3.8) is 0 Å². The fraction of sp³-hybridized carbons (Fsp3) is 0.706. The van der Waals surface area contributed by atoms with Crippen LogP contribution in [-0.4, -0.2) is 36.3 Å². The highest BCUT2D eigenvalue weighted by Crippen LogP contribution is 2.36. The Bertz CT molecular complexity index is 967. The first kappa shape index (κ1) is 6.82. The zero-order chi connectivity index (χ0) is 26.6. The highest BCUT2D eigenvalue weighted by atomic mass is 16.7. The molecule has 0 bridgehead atoms. The maximum absolute atomic E-state index is 8.52. The van der Waals surface area contributed by atoms with E-state index in [0.717, 1.165) is 6.07 Å². The van der Waals surface area contributed by atoms with Gasteiger partial charge in [0.05, 0.1) is 16.8 Å². The minimum absolute atomic E-state index is 0.0846. The van der Waals surface area contributed by atoms with Crippen LogP contribution < -0.4 is 10.5 Å². The van der Waals surface area contributed by atoms with Gasteiger partial charge in [0.2, 0.25) is 0 Å². The Morgan fingerprint density at radius 1 is 1.36 bits per heavy atom. The largest absolute Gasteiger partial charge is 0.514 e. The summed E-state index contributed by atoms with van der Waals surface area (Å²) in [6, 6.07) is 3.95. The number of nitrogens with zero attached hydrogens (tertiary/aromatic N) is 2. The maximum Gasteiger partial charge on any atom is 0.514 e. The first-order valence-corrected chi connectivity index (χ1v) is 7.03. The highest BCUT2D eigenvalue weighted by molar-refractivity contribution is 6.61. The van der Waals surface area contributed by atoms with Gasteiger partial charge in [-0.15, -0.1) is 0 Å². The Labute approximate surface area is 151 Å². The predicted molar refractivity (Wildman–Crippen MR) is 90.6 cm³/mol. The van der Waals surface area contributed by atoms with Gasteiger partial charge in [-0.1, -0.05) is 12.9 Å². The predicted octanol–water partition coefficient (Wildman–Crippen LogP) is 2.62. The SMILES string of the molecule is [2H]C([2H])([2H])C1([2H])C([2H])([2H])N(c2cccc(B3OC(C)(C)C(C)(C)O3)n2)C([2H])([2H])C([2H])([2H])C1([2H])[2H]. The molecular formula is C17H27BN2O2. The molecule has 2 saturated heterocycles. The molecule has 2 fully saturated rings. The van der Waals surface area contributed by atoms with Crippen LogP contribution in [0.2, 0.25) is 0 Å². The van der Waals surface area contributed by atoms with Crippen molar-refractivity contribution in [2.75, 3.05) is 17.9 Å². The van der Waals surface area contributed by atoms with Crippen molar-refractivity contribution in [3.8, 4) is 0 Å². The molecule has 2 aliphatic rings. The molecule has 2 aliphatic heterocycles. The molecule has 0 aliphatic carbocycles. The highest BCUT2D eigenvalue weighted by Gasteiger charge is 2.52. The first-order valence-electron chi connectivity index (χ1n) is 13.0. The van der Waals surface area contributed by atoms with E-state index in [0.29, 0.717) is 0 Å². The molecule has 22 heavy (non-hydrogen) atoms. The molecule has 0 N–H and O–H groups in total. The summed E-state index contributed by atoms with van der Waals surface area (Å²) >= 11 is 0. The first-order chi connectivity index (χ1) is 14.9. The quantitative estimate of drug-likeness (QED) is 0.786. The summed E-state index contributed by atoms with van der Waals surface area (Å²) in [7, 11) is -1.04. The molecular weight excluding hydrogens is 275 g/mol. The van der Waals surface area contributed by atoms with Crippen molar-refractivity contribution in [2.45, 2.75) is 58.5 Å². The molecule has 0 saturated carbocycles. The molecule has 0 radical (unpaired) electrons. The lowest BCUT2D eigenvalue weighted by atomic mass is 9.84. The third-order valence-corrected chi connectivity index (χ3v) is 4.06. The second-order valence-electron chi connectivity index (χ2n) is 6.19. The fourth-order valence-electron chi connectivity index (χ4n) is 2.09. The Kier molecular flexibility index (Phi) is 1.72. The van der Waals surface area contributed by atoms with Gasteiger partial charge in [-0.05, 0) is 58.5 Å². The Balaban J connectivity index is 2.22. The molecule has 120 valence electrons. The lowest BCUT2D eigenvalue weighted by molar-refractivity contribution is 0.00578. The average Bonchev–Trinajstić information content (AvgIpc) is 2.86. The molecule has 4 nitrogen and oxygen atoms in total. The van der Waals surface area contributed by atoms with E-state index in [4.69, 9.17) is 25.8 Å². The molecule has 1 aromatic heterocycles. The van der Waals surface area contributed by atoms with Crippen molar-refractivity contribution < 1.29 is 25.8 Å². The van der Waals surface area contributed by atoms with Crippen molar-refractivity contribution in [2.24, 2.45) is 5.89 Å². The molecule has 0 amide bonds. The van der Waals surface area contributed by atoms with Crippen LogP contribution >= 0.6 is 0 Å². The van der Waals surface area contributed by atoms with Crippen LogP contribution in [0.4, 0.5) is 5.82 Å². The van der Waals surface area contributed by atoms with E-state index in [1.54, 1.807) is 27.7 Å². The van der Waals surface area contributed by atoms with E-state index >= 15 is 0 Å². The second-order valence-corrected chi connectivity index (χ2v) is 6.19. The van der Waals surface area contributed by atoms with E-state index in [1.807, 2.05) is 0 Å². The van der Waals surface area contributed by atoms with Crippen molar-refractivity contribution in [3.05, 3.63) is 18.2 Å². The zero-order valence-corrected chi connectivity index (χ0v) is 13.0. The van der Waals surface area contributed by atoms with Gasteiger partial charge in [-0.25, -0.2) is 4.98 Å². The van der Waals surface area contributed by atoms with Gasteiger partial charge in [0.1, 0.15) is 5.82 Å². The molecule has 3 heterocycles. The number of hydrogen-bond donors (Lipinski definition) is 0. The van der Waals surface area contributed by atoms with E-state index in [9.17, 15) is 0 Å². The summed E-state index contributed by atoms with van der Waals surface area (Å²) in [6.45, 7) is -3.53. The van der Waals surface area contributed by atoms with Crippen LogP contribution in [0.15, 0.2) is 18.2 Å². The summed E-state index contributed by atoms with van der Waals surface area (Å²) in [6.07, 6.45) is -7.40. The van der Waals surface area contributed by atoms with Crippen LogP contribution in [0.1, 0.15) is 63.7 Å². The number of rotatable bonds is 2. The van der Waals surface area contributed by atoms with Gasteiger partial charge in [0, 0.05) is 29.4 Å². The average molecular weight is 314 g/mol. The van der Waals surface area contributed by atoms with Gasteiger partial charge in [0.25, 0.3) is 0 Å². The van der Waals surface area contributed by atoms with Crippen LogP contribution in [0.3, 0.4) is 0 Å². The number of aromatic nitrogens is 1. The monoisotopic (exact) mass is 314 g/mol. The van der Waals surface area contributed by atoms with Crippen LogP contribution in [0.5, 0.6) is 0 Å². The summed E-state index contributed by atoms with van der Waals surface area (Å²) in [5, 5.41) is 0. The van der Waals surface area contributed by atoms with Crippen molar-refractivity contribution in [1.29, 1.82) is 0 Å². The summed E-state index contributed by atoms with van der Waals surface area (Å²) in [4.78, 5) is 4.31. The standard InChI is InChI=1S/C17H27BN2O2/c1-13-8-7-11-20(12-13)15-10-6-9-14(19-15)18-21-16(2,3)17(4,5)22-18/h6,9-10,13H,7-8,11-12H2,1-5H3/i1D3,7D2,8D2,11D2,12D2,13D. The fourth-order valence-corrected chi connectivity index (χ4v) is 2.09. The maximum atomic E-state index is 8.52. The van der Waals surface area contributed by atoms with E-state index < -0.39 is 62.6 Å². The normalized spacial score (nSPS) is 48.4. The van der Waals surface area contributed by atoms with Crippen LogP contribution in [-0.2, 0) is 9.31 Å². The lowest BCUT2D eigenvalue weighted by Crippen LogP contribution is -2.41. The van der Waals surface area contributed by atoms with Crippen LogP contribution in [0.25, 0.3) is 0 Å². The van der Waals surface area contributed by atoms with Gasteiger partial charge < -0.3 is 14.2 Å². The Morgan fingerprint density at radius 3 is 2.77 bits per heavy atom. The number of anilines is 1. The van der Waals surface area contributed by atoms with Gasteiger partial charge in [0.15, 0.2) is 0 Å². The Morgan fingerprint density at radius 2 is 2.09 bits per heavy atom. The lowest BCUT2D eigenvalue weighted by Gasteiger charge is -2.32. The third-order valence-electron chi connectivity index (χ3n) is 4.06. The molecule has 1 unspecified atom stereocenters. The molecule has 0 aromatic carbocycles. The second kappa shape index (κ2) is 5.53. The molecule has 5 heteroatoms. The minimum atomic E-state index is -3.77. The number of piperidine rings is 1. The summed E-state index contributed by atoms with van der Waals surface area (Å²) < 4.78 is 110. The van der Waals surface area contributed by atoms with Gasteiger partial charge >= 0.3 is 7.12 Å².